The molecule has 2 aromatic carbocycles. The van der Waals surface area contributed by atoms with Gasteiger partial charge in [-0.25, -0.2) is 4.68 Å². The minimum Gasteiger partial charge on any atom is -0.493 e. The van der Waals surface area contributed by atoms with Crippen LogP contribution in [0.2, 0.25) is 0 Å². The van der Waals surface area contributed by atoms with Gasteiger partial charge in [0.15, 0.2) is 11.5 Å². The van der Waals surface area contributed by atoms with Crippen LogP contribution in [0.25, 0.3) is 11.0 Å². The number of carbonyl (C=O) groups excluding carboxylic acids is 2. The lowest BCUT2D eigenvalue weighted by molar-refractivity contribution is -0.128. The van der Waals surface area contributed by atoms with E-state index in [1.807, 2.05) is 45.0 Å². The molecular weight excluding hydrogens is 484 g/mol. The lowest BCUT2D eigenvalue weighted by Crippen LogP contribution is -2.51. The van der Waals surface area contributed by atoms with Crippen LogP contribution < -0.4 is 19.7 Å². The van der Waals surface area contributed by atoms with Crippen LogP contribution >= 0.6 is 0 Å². The van der Waals surface area contributed by atoms with E-state index in [1.54, 1.807) is 42.7 Å². The van der Waals surface area contributed by atoms with Gasteiger partial charge in [0.2, 0.25) is 11.8 Å². The van der Waals surface area contributed by atoms with Gasteiger partial charge in [-0.2, -0.15) is 0 Å². The summed E-state index contributed by atoms with van der Waals surface area (Å²) < 4.78 is 12.4. The molecule has 10 heteroatoms. The topological polar surface area (TPSA) is 111 Å². The van der Waals surface area contributed by atoms with Gasteiger partial charge in [-0.3, -0.25) is 19.5 Å². The molecule has 4 rings (SSSR count). The third kappa shape index (κ3) is 5.59. The van der Waals surface area contributed by atoms with Crippen molar-refractivity contribution in [3.05, 3.63) is 72.6 Å². The Morgan fingerprint density at radius 3 is 2.50 bits per heavy atom. The molecule has 1 N–H and O–H groups in total. The molecule has 0 aliphatic rings. The average Bonchev–Trinajstić information content (AvgIpc) is 3.33. The maximum Gasteiger partial charge on any atom is 0.249 e. The van der Waals surface area contributed by atoms with Crippen LogP contribution in [-0.4, -0.2) is 51.6 Å². The fourth-order valence-electron chi connectivity index (χ4n) is 4.10. The number of hydrogen-bond acceptors (Lipinski definition) is 7. The second kappa shape index (κ2) is 11.3. The molecule has 2 amide bonds. The normalized spacial score (nSPS) is 12.1. The second-order valence-electron chi connectivity index (χ2n) is 9.45. The summed E-state index contributed by atoms with van der Waals surface area (Å²) in [6, 6.07) is 15.0. The number of benzene rings is 2. The van der Waals surface area contributed by atoms with Gasteiger partial charge in [0.1, 0.15) is 18.1 Å². The van der Waals surface area contributed by atoms with Gasteiger partial charge in [0.05, 0.1) is 19.7 Å². The molecule has 0 spiro atoms. The van der Waals surface area contributed by atoms with Gasteiger partial charge in [-0.15, -0.1) is 5.10 Å². The molecule has 0 saturated heterocycles. The number of carbonyl (C=O) groups is 2. The van der Waals surface area contributed by atoms with Crippen molar-refractivity contribution in [2.24, 2.45) is 0 Å². The van der Waals surface area contributed by atoms with Crippen molar-refractivity contribution in [1.29, 1.82) is 0 Å². The first-order valence-corrected chi connectivity index (χ1v) is 12.3. The highest BCUT2D eigenvalue weighted by Gasteiger charge is 2.36. The Bertz CT molecular complexity index is 1420. The number of nitrogens with zero attached hydrogens (tertiary/aromatic N) is 5. The highest BCUT2D eigenvalue weighted by atomic mass is 16.5. The van der Waals surface area contributed by atoms with Gasteiger partial charge in [0.25, 0.3) is 0 Å². The van der Waals surface area contributed by atoms with Crippen LogP contribution in [0.3, 0.4) is 0 Å². The molecule has 1 atom stereocenters. The summed E-state index contributed by atoms with van der Waals surface area (Å²) in [5.41, 5.74) is 1.90. The largest absolute Gasteiger partial charge is 0.493 e. The van der Waals surface area contributed by atoms with E-state index in [0.717, 1.165) is 0 Å². The number of hydrogen-bond donors (Lipinski definition) is 1. The zero-order valence-corrected chi connectivity index (χ0v) is 22.2. The molecule has 2 aromatic heterocycles. The summed E-state index contributed by atoms with van der Waals surface area (Å²) >= 11 is 0. The number of nitrogens with one attached hydrogen (secondary N) is 1. The smallest absolute Gasteiger partial charge is 0.249 e. The number of pyridine rings is 1. The van der Waals surface area contributed by atoms with Crippen LogP contribution in [0.4, 0.5) is 5.69 Å². The summed E-state index contributed by atoms with van der Waals surface area (Å²) in [7, 11) is 3.05. The number of fused-ring (bicyclic) bond motifs is 1. The molecule has 0 fully saturated rings. The van der Waals surface area contributed by atoms with Crippen molar-refractivity contribution in [2.45, 2.75) is 45.3 Å². The molecule has 0 aliphatic heterocycles. The number of anilines is 1. The van der Waals surface area contributed by atoms with Gasteiger partial charge >= 0.3 is 0 Å². The van der Waals surface area contributed by atoms with Gasteiger partial charge in [0, 0.05) is 35.2 Å². The van der Waals surface area contributed by atoms with Gasteiger partial charge in [-0.1, -0.05) is 30.3 Å². The third-order valence-electron chi connectivity index (χ3n) is 6.47. The molecule has 0 aliphatic carbocycles. The Morgan fingerprint density at radius 1 is 1.05 bits per heavy atom. The minimum atomic E-state index is -1.02. The number of rotatable bonds is 10. The molecule has 4 aromatic rings. The van der Waals surface area contributed by atoms with Crippen molar-refractivity contribution in [2.75, 3.05) is 19.1 Å². The quantitative estimate of drug-likeness (QED) is 0.340. The molecule has 0 saturated carbocycles. The van der Waals surface area contributed by atoms with E-state index in [4.69, 9.17) is 9.47 Å². The maximum atomic E-state index is 14.1. The first-order valence-electron chi connectivity index (χ1n) is 12.3. The van der Waals surface area contributed by atoms with Crippen LogP contribution in [0.1, 0.15) is 38.8 Å². The van der Waals surface area contributed by atoms with Gasteiger partial charge < -0.3 is 14.8 Å². The average molecular weight is 517 g/mol. The SMILES string of the molecule is CCC(C)(C)NC(=O)[C@@H](c1cccnc1)N(C(=O)Cn1nnc2ccccc21)c1ccc(OC)c(OC)c1. The maximum absolute atomic E-state index is 14.1. The van der Waals surface area contributed by atoms with Crippen molar-refractivity contribution in [3.8, 4) is 11.5 Å². The van der Waals surface area contributed by atoms with Crippen LogP contribution in [0.5, 0.6) is 11.5 Å². The molecule has 198 valence electrons. The van der Waals surface area contributed by atoms with E-state index in [-0.39, 0.29) is 18.4 Å². The molecule has 0 radical (unpaired) electrons. The second-order valence-corrected chi connectivity index (χ2v) is 9.45. The minimum absolute atomic E-state index is 0.143. The molecule has 2 heterocycles. The van der Waals surface area contributed by atoms with Gasteiger partial charge in [-0.05, 0) is 50.6 Å². The lowest BCUT2D eigenvalue weighted by atomic mass is 9.99. The van der Waals surface area contributed by atoms with E-state index in [0.29, 0.717) is 40.2 Å². The molecule has 0 unspecified atom stereocenters. The fraction of sp³-hybridized carbons (Fsp3) is 0.321. The Labute approximate surface area is 221 Å². The van der Waals surface area contributed by atoms with Crippen molar-refractivity contribution in [3.63, 3.8) is 0 Å². The summed E-state index contributed by atoms with van der Waals surface area (Å²) in [6.45, 7) is 5.73. The molecule has 10 nitrogen and oxygen atoms in total. The van der Waals surface area contributed by atoms with Crippen molar-refractivity contribution in [1.82, 2.24) is 25.3 Å². The van der Waals surface area contributed by atoms with Crippen molar-refractivity contribution < 1.29 is 19.1 Å². The first-order chi connectivity index (χ1) is 18.3. The van der Waals surface area contributed by atoms with Crippen molar-refractivity contribution >= 4 is 28.5 Å². The summed E-state index contributed by atoms with van der Waals surface area (Å²) in [6.07, 6.45) is 3.92. The fourth-order valence-corrected chi connectivity index (χ4v) is 4.10. The summed E-state index contributed by atoms with van der Waals surface area (Å²) in [5.74, 6) is 0.219. The molecular formula is C28H32N6O4. The predicted molar refractivity (Wildman–Crippen MR) is 144 cm³/mol. The number of ether oxygens (including phenoxy) is 2. The summed E-state index contributed by atoms with van der Waals surface area (Å²) in [4.78, 5) is 33.7. The standard InChI is InChI=1S/C28H32N6O4/c1-6-28(2,3)30-27(36)26(19-10-9-15-29-17-19)34(20-13-14-23(37-4)24(16-20)38-5)25(35)18-33-22-12-8-7-11-21(22)31-32-33/h7-17,26H,6,18H2,1-5H3,(H,30,36)/t26-/m1/s1. The van der Waals surface area contributed by atoms with Crippen LogP contribution in [-0.2, 0) is 16.1 Å². The van der Waals surface area contributed by atoms with Crippen LogP contribution in [0, 0.1) is 0 Å². The highest BCUT2D eigenvalue weighted by Crippen LogP contribution is 2.36. The first kappa shape index (κ1) is 26.6. The monoisotopic (exact) mass is 516 g/mol. The predicted octanol–water partition coefficient (Wildman–Crippen LogP) is 3.92. The highest BCUT2D eigenvalue weighted by molar-refractivity contribution is 6.02. The number of methoxy groups -OCH3 is 2. The van der Waals surface area contributed by atoms with E-state index in [9.17, 15) is 9.59 Å². The van der Waals surface area contributed by atoms with E-state index in [1.165, 1.54) is 23.8 Å². The Kier molecular flexibility index (Phi) is 7.90. The lowest BCUT2D eigenvalue weighted by Gasteiger charge is -2.34. The molecule has 38 heavy (non-hydrogen) atoms. The third-order valence-corrected chi connectivity index (χ3v) is 6.47. The summed E-state index contributed by atoms with van der Waals surface area (Å²) in [5, 5.41) is 11.4. The van der Waals surface area contributed by atoms with E-state index < -0.39 is 11.6 Å². The molecule has 0 bridgehead atoms. The number of aromatic nitrogens is 4. The zero-order valence-electron chi connectivity index (χ0n) is 22.2. The van der Waals surface area contributed by atoms with Crippen LogP contribution in [0.15, 0.2) is 67.0 Å². The Morgan fingerprint density at radius 2 is 1.82 bits per heavy atom. The Balaban J connectivity index is 1.85. The number of amides is 2. The van der Waals surface area contributed by atoms with E-state index >= 15 is 0 Å². The zero-order chi connectivity index (χ0) is 27.3. The Hall–Kier alpha value is -4.47. The number of para-hydroxylation sites is 1. The van der Waals surface area contributed by atoms with E-state index in [2.05, 4.69) is 20.6 Å².